The molecule has 0 bridgehead atoms. The third kappa shape index (κ3) is 5.41. The van der Waals surface area contributed by atoms with Gasteiger partial charge in [0.15, 0.2) is 5.69 Å². The van der Waals surface area contributed by atoms with E-state index in [0.717, 1.165) is 67.9 Å². The second-order valence-corrected chi connectivity index (χ2v) is 10.1. The van der Waals surface area contributed by atoms with E-state index in [1.807, 2.05) is 36.4 Å². The number of fused-ring (bicyclic) bond motifs is 1. The molecule has 3 N–H and O–H groups in total. The lowest BCUT2D eigenvalue weighted by molar-refractivity contribution is -0.117. The molecule has 2 aliphatic rings. The Bertz CT molecular complexity index is 1470. The van der Waals surface area contributed by atoms with Crippen molar-refractivity contribution in [2.75, 3.05) is 43.9 Å². The zero-order valence-corrected chi connectivity index (χ0v) is 21.3. The van der Waals surface area contributed by atoms with Crippen molar-refractivity contribution in [1.29, 1.82) is 0 Å². The number of carbonyl (C=O) groups excluding carboxylic acids is 2. The fourth-order valence-electron chi connectivity index (χ4n) is 4.64. The highest BCUT2D eigenvalue weighted by Crippen LogP contribution is 2.31. The number of amides is 2. The maximum Gasteiger partial charge on any atom is 0.276 e. The molecule has 10 heteroatoms. The Morgan fingerprint density at radius 2 is 1.79 bits per heavy atom. The van der Waals surface area contributed by atoms with Gasteiger partial charge in [-0.15, -0.1) is 0 Å². The number of pyridine rings is 2. The van der Waals surface area contributed by atoms with Crippen LogP contribution in [0.25, 0.3) is 22.0 Å². The van der Waals surface area contributed by atoms with Gasteiger partial charge in [0.25, 0.3) is 5.91 Å². The molecule has 0 spiro atoms. The lowest BCUT2D eigenvalue weighted by atomic mass is 10.0. The van der Waals surface area contributed by atoms with Crippen LogP contribution in [0.15, 0.2) is 55.0 Å². The molecule has 1 saturated carbocycles. The molecule has 0 unspecified atom stereocenters. The molecule has 3 aromatic heterocycles. The Morgan fingerprint density at radius 3 is 2.55 bits per heavy atom. The Balaban J connectivity index is 1.15. The van der Waals surface area contributed by atoms with Crippen molar-refractivity contribution in [3.63, 3.8) is 0 Å². The summed E-state index contributed by atoms with van der Waals surface area (Å²) in [5, 5.41) is 13.8. The number of aromatic amines is 1. The number of hydrogen-bond acceptors (Lipinski definition) is 7. The molecular weight excluding hydrogens is 480 g/mol. The van der Waals surface area contributed by atoms with E-state index in [4.69, 9.17) is 0 Å². The molecule has 6 rings (SSSR count). The van der Waals surface area contributed by atoms with Crippen LogP contribution in [-0.4, -0.2) is 75.0 Å². The van der Waals surface area contributed by atoms with Crippen molar-refractivity contribution < 1.29 is 9.59 Å². The van der Waals surface area contributed by atoms with Crippen LogP contribution in [0.5, 0.6) is 0 Å². The van der Waals surface area contributed by atoms with Gasteiger partial charge < -0.3 is 15.5 Å². The summed E-state index contributed by atoms with van der Waals surface area (Å²) in [6, 6.07) is 11.5. The van der Waals surface area contributed by atoms with Gasteiger partial charge in [-0.3, -0.25) is 29.6 Å². The Hall–Kier alpha value is -4.15. The predicted molar refractivity (Wildman–Crippen MR) is 146 cm³/mol. The molecule has 1 aromatic carbocycles. The van der Waals surface area contributed by atoms with Crippen LogP contribution in [0.1, 0.15) is 29.0 Å². The molecule has 4 heterocycles. The Kier molecular flexibility index (Phi) is 6.57. The minimum Gasteiger partial charge on any atom is -0.324 e. The van der Waals surface area contributed by atoms with E-state index in [2.05, 4.69) is 47.6 Å². The minimum absolute atomic E-state index is 0.0371. The predicted octanol–water partition coefficient (Wildman–Crippen LogP) is 3.37. The minimum atomic E-state index is -0.314. The van der Waals surface area contributed by atoms with Crippen molar-refractivity contribution in [3.8, 4) is 11.1 Å². The smallest absolute Gasteiger partial charge is 0.276 e. The highest BCUT2D eigenvalue weighted by atomic mass is 16.2. The van der Waals surface area contributed by atoms with Gasteiger partial charge in [0.1, 0.15) is 0 Å². The molecule has 1 saturated heterocycles. The molecule has 10 nitrogen and oxygen atoms in total. The zero-order valence-electron chi connectivity index (χ0n) is 21.3. The zero-order chi connectivity index (χ0) is 26.1. The highest BCUT2D eigenvalue weighted by molar-refractivity contribution is 6.11. The summed E-state index contributed by atoms with van der Waals surface area (Å²) in [5.41, 5.74) is 5.03. The molecule has 38 heavy (non-hydrogen) atoms. The van der Waals surface area contributed by atoms with Crippen LogP contribution in [0.3, 0.4) is 0 Å². The summed E-state index contributed by atoms with van der Waals surface area (Å²) < 4.78 is 0. The van der Waals surface area contributed by atoms with Gasteiger partial charge in [-0.25, -0.2) is 0 Å². The first-order chi connectivity index (χ1) is 18.5. The van der Waals surface area contributed by atoms with Gasteiger partial charge >= 0.3 is 0 Å². The van der Waals surface area contributed by atoms with E-state index in [1.54, 1.807) is 18.6 Å². The number of H-pyrrole nitrogens is 1. The van der Waals surface area contributed by atoms with E-state index in [0.29, 0.717) is 22.5 Å². The largest absolute Gasteiger partial charge is 0.324 e. The van der Waals surface area contributed by atoms with Crippen molar-refractivity contribution in [2.45, 2.75) is 19.4 Å². The number of nitrogens with one attached hydrogen (secondary N) is 3. The fourth-order valence-corrected chi connectivity index (χ4v) is 4.64. The Labute approximate surface area is 220 Å². The monoisotopic (exact) mass is 510 g/mol. The van der Waals surface area contributed by atoms with Crippen molar-refractivity contribution in [3.05, 3.63) is 66.4 Å². The fraction of sp³-hybridized carbons (Fsp3) is 0.321. The first-order valence-corrected chi connectivity index (χ1v) is 12.9. The van der Waals surface area contributed by atoms with Gasteiger partial charge in [-0.1, -0.05) is 6.07 Å². The lowest BCUT2D eigenvalue weighted by Gasteiger charge is -2.32. The van der Waals surface area contributed by atoms with Crippen LogP contribution in [-0.2, 0) is 11.3 Å². The summed E-state index contributed by atoms with van der Waals surface area (Å²) in [7, 11) is 2.14. The number of carbonyl (C=O) groups is 2. The quantitative estimate of drug-likeness (QED) is 0.349. The molecule has 4 aromatic rings. The van der Waals surface area contributed by atoms with E-state index < -0.39 is 0 Å². The standard InChI is InChI=1S/C28H30N8O2/c1-35-8-10-36(11-9-35)17-22-6-5-21(16-30-22)31-28(38)26-24-13-19(4-7-25(24)33-34-26)20-12-23(15-29-14-20)32-27(37)18-2-3-18/h4-7,12-16,18H,2-3,8-11,17H2,1H3,(H,31,38)(H,32,37)(H,33,34). The average Bonchev–Trinajstić information content (AvgIpc) is 3.70. The van der Waals surface area contributed by atoms with Crippen LogP contribution in [0.2, 0.25) is 0 Å². The molecule has 1 aliphatic heterocycles. The lowest BCUT2D eigenvalue weighted by Crippen LogP contribution is -2.43. The maximum absolute atomic E-state index is 13.1. The Morgan fingerprint density at radius 1 is 0.947 bits per heavy atom. The molecule has 1 aliphatic carbocycles. The van der Waals surface area contributed by atoms with Gasteiger partial charge in [0.2, 0.25) is 5.91 Å². The molecule has 0 radical (unpaired) electrons. The first kappa shape index (κ1) is 24.2. The third-order valence-electron chi connectivity index (χ3n) is 7.13. The van der Waals surface area contributed by atoms with Crippen molar-refractivity contribution >= 4 is 34.1 Å². The molecule has 2 fully saturated rings. The molecular formula is C28H30N8O2. The SMILES string of the molecule is CN1CCN(Cc2ccc(NC(=O)c3n[nH]c4ccc(-c5cncc(NC(=O)C6CC6)c5)cc34)cn2)CC1. The highest BCUT2D eigenvalue weighted by Gasteiger charge is 2.29. The van der Waals surface area contributed by atoms with E-state index in [-0.39, 0.29) is 17.7 Å². The van der Waals surface area contributed by atoms with Crippen molar-refractivity contribution in [1.82, 2.24) is 30.0 Å². The molecule has 2 amide bonds. The average molecular weight is 511 g/mol. The van der Waals surface area contributed by atoms with E-state index in [1.165, 1.54) is 0 Å². The van der Waals surface area contributed by atoms with Crippen LogP contribution < -0.4 is 10.6 Å². The number of aromatic nitrogens is 4. The second kappa shape index (κ2) is 10.3. The molecule has 0 atom stereocenters. The number of hydrogen-bond donors (Lipinski definition) is 3. The summed E-state index contributed by atoms with van der Waals surface area (Å²) in [6.07, 6.45) is 6.96. The van der Waals surface area contributed by atoms with E-state index >= 15 is 0 Å². The second-order valence-electron chi connectivity index (χ2n) is 10.1. The summed E-state index contributed by atoms with van der Waals surface area (Å²) >= 11 is 0. The topological polar surface area (TPSA) is 119 Å². The molecule has 194 valence electrons. The van der Waals surface area contributed by atoms with Crippen LogP contribution in [0.4, 0.5) is 11.4 Å². The van der Waals surface area contributed by atoms with E-state index in [9.17, 15) is 9.59 Å². The number of likely N-dealkylation sites (N-methyl/N-ethyl adjacent to an activating group) is 1. The van der Waals surface area contributed by atoms with Gasteiger partial charge in [0.05, 0.1) is 35.0 Å². The summed E-state index contributed by atoms with van der Waals surface area (Å²) in [5.74, 6) is -0.161. The number of rotatable bonds is 7. The van der Waals surface area contributed by atoms with Gasteiger partial charge in [0, 0.05) is 55.8 Å². The number of nitrogens with zero attached hydrogens (tertiary/aromatic N) is 5. The van der Waals surface area contributed by atoms with Crippen LogP contribution in [0, 0.1) is 5.92 Å². The van der Waals surface area contributed by atoms with Crippen molar-refractivity contribution in [2.24, 2.45) is 5.92 Å². The number of piperazine rings is 1. The normalized spacial score (nSPS) is 16.4. The summed E-state index contributed by atoms with van der Waals surface area (Å²) in [4.78, 5) is 38.8. The van der Waals surface area contributed by atoms with Gasteiger partial charge in [-0.2, -0.15) is 5.10 Å². The number of anilines is 2. The van der Waals surface area contributed by atoms with Gasteiger partial charge in [-0.05, 0) is 55.8 Å². The maximum atomic E-state index is 13.1. The first-order valence-electron chi connectivity index (χ1n) is 12.9. The summed E-state index contributed by atoms with van der Waals surface area (Å²) in [6.45, 7) is 4.98. The number of benzene rings is 1. The third-order valence-corrected chi connectivity index (χ3v) is 7.13. The van der Waals surface area contributed by atoms with Crippen LogP contribution >= 0.6 is 0 Å².